The number of hydrogen-bond donors (Lipinski definition) is 2. The molecule has 0 amide bonds. The monoisotopic (exact) mass is 401 g/mol. The number of aromatic amines is 1. The van der Waals surface area contributed by atoms with Crippen LogP contribution in [0.1, 0.15) is 50.4 Å². The van der Waals surface area contributed by atoms with E-state index in [-0.39, 0.29) is 17.3 Å². The molecule has 2 N–H and O–H groups in total. The predicted molar refractivity (Wildman–Crippen MR) is 108 cm³/mol. The average Bonchev–Trinajstić information content (AvgIpc) is 3.39. The number of ether oxygens (including phenoxy) is 2. The topological polar surface area (TPSA) is 96.4 Å². The largest absolute Gasteiger partial charge is 0.481 e. The van der Waals surface area contributed by atoms with Gasteiger partial charge < -0.3 is 14.6 Å². The molecule has 1 saturated carbocycles. The van der Waals surface area contributed by atoms with Crippen molar-refractivity contribution < 1.29 is 14.6 Å². The Balaban J connectivity index is 1.56. The van der Waals surface area contributed by atoms with Crippen molar-refractivity contribution >= 4 is 0 Å². The lowest BCUT2D eigenvalue weighted by atomic mass is 9.83. The van der Waals surface area contributed by atoms with Gasteiger partial charge in [-0.15, -0.1) is 0 Å². The van der Waals surface area contributed by atoms with E-state index >= 15 is 0 Å². The number of aliphatic hydroxyl groups is 1. The van der Waals surface area contributed by atoms with E-state index < -0.39 is 5.60 Å². The Labute approximate surface area is 171 Å². The highest BCUT2D eigenvalue weighted by Gasteiger charge is 2.54. The summed E-state index contributed by atoms with van der Waals surface area (Å²) in [5, 5.41) is 19.1. The summed E-state index contributed by atoms with van der Waals surface area (Å²) in [5.41, 5.74) is 2.10. The smallest absolute Gasteiger partial charge is 0.319 e. The number of hydrogen-bond acceptors (Lipinski definition) is 7. The molecule has 3 heterocycles. The summed E-state index contributed by atoms with van der Waals surface area (Å²) in [6, 6.07) is 0.242. The molecule has 0 unspecified atom stereocenters. The third-order valence-corrected chi connectivity index (χ3v) is 6.46. The fourth-order valence-corrected chi connectivity index (χ4v) is 5.07. The summed E-state index contributed by atoms with van der Waals surface area (Å²) in [5.74, 6) is 0.957. The van der Waals surface area contributed by atoms with Gasteiger partial charge in [0, 0.05) is 48.4 Å². The third kappa shape index (κ3) is 3.48. The average molecular weight is 402 g/mol. The van der Waals surface area contributed by atoms with Crippen molar-refractivity contribution in [3.63, 3.8) is 0 Å². The SMILES string of the molecule is COc1ncc([C@]2(O)CC[C@H]3CN(Cc4cn[nH]c4C(C)(C)C)C[C@H]32)c(OC)n1. The second kappa shape index (κ2) is 7.25. The molecule has 0 radical (unpaired) electrons. The van der Waals surface area contributed by atoms with Gasteiger partial charge in [0.25, 0.3) is 0 Å². The fourth-order valence-electron chi connectivity index (χ4n) is 5.07. The van der Waals surface area contributed by atoms with Crippen LogP contribution in [0.5, 0.6) is 11.9 Å². The van der Waals surface area contributed by atoms with Gasteiger partial charge in [0.2, 0.25) is 5.88 Å². The van der Waals surface area contributed by atoms with Crippen LogP contribution in [0.2, 0.25) is 0 Å². The maximum atomic E-state index is 11.7. The van der Waals surface area contributed by atoms with Crippen molar-refractivity contribution in [2.24, 2.45) is 11.8 Å². The highest BCUT2D eigenvalue weighted by molar-refractivity contribution is 5.34. The Morgan fingerprint density at radius 3 is 2.72 bits per heavy atom. The quantitative estimate of drug-likeness (QED) is 0.793. The number of nitrogens with one attached hydrogen (secondary N) is 1. The van der Waals surface area contributed by atoms with E-state index in [1.54, 1.807) is 13.3 Å². The molecule has 2 fully saturated rings. The van der Waals surface area contributed by atoms with Crippen LogP contribution in [0.25, 0.3) is 0 Å². The van der Waals surface area contributed by atoms with Crippen molar-refractivity contribution in [1.82, 2.24) is 25.1 Å². The lowest BCUT2D eigenvalue weighted by molar-refractivity contribution is -0.00973. The standard InChI is InChI=1S/C21H31N5O3/c1-20(2,3)17-14(8-23-25-17)11-26-10-13-6-7-21(27,16(13)12-26)15-9-22-19(29-5)24-18(15)28-4/h8-9,13,16,27H,6-7,10-12H2,1-5H3,(H,23,25)/t13-,16+,21+/m0/s1. The minimum Gasteiger partial charge on any atom is -0.481 e. The van der Waals surface area contributed by atoms with E-state index in [2.05, 4.69) is 45.8 Å². The molecular formula is C21H31N5O3. The van der Waals surface area contributed by atoms with E-state index in [4.69, 9.17) is 9.47 Å². The molecule has 2 aromatic rings. The van der Waals surface area contributed by atoms with Crippen molar-refractivity contribution in [1.29, 1.82) is 0 Å². The second-order valence-corrected chi connectivity index (χ2v) is 9.32. The van der Waals surface area contributed by atoms with Crippen LogP contribution >= 0.6 is 0 Å². The van der Waals surface area contributed by atoms with E-state index in [0.29, 0.717) is 23.8 Å². The fraction of sp³-hybridized carbons (Fsp3) is 0.667. The van der Waals surface area contributed by atoms with Gasteiger partial charge >= 0.3 is 6.01 Å². The first-order valence-electron chi connectivity index (χ1n) is 10.2. The first-order chi connectivity index (χ1) is 13.8. The molecule has 1 saturated heterocycles. The zero-order valence-corrected chi connectivity index (χ0v) is 17.9. The summed E-state index contributed by atoms with van der Waals surface area (Å²) >= 11 is 0. The molecule has 29 heavy (non-hydrogen) atoms. The molecule has 0 spiro atoms. The zero-order valence-electron chi connectivity index (χ0n) is 17.9. The molecule has 1 aliphatic heterocycles. The van der Waals surface area contributed by atoms with E-state index in [0.717, 1.165) is 26.1 Å². The highest BCUT2D eigenvalue weighted by atomic mass is 16.5. The maximum Gasteiger partial charge on any atom is 0.319 e. The number of rotatable bonds is 5. The van der Waals surface area contributed by atoms with E-state index in [9.17, 15) is 5.11 Å². The van der Waals surface area contributed by atoms with Crippen molar-refractivity contribution in [3.8, 4) is 11.9 Å². The van der Waals surface area contributed by atoms with Crippen molar-refractivity contribution in [2.45, 2.75) is 51.2 Å². The van der Waals surface area contributed by atoms with Crippen LogP contribution in [0.15, 0.2) is 12.4 Å². The summed E-state index contributed by atoms with van der Waals surface area (Å²) in [6.07, 6.45) is 5.26. The van der Waals surface area contributed by atoms with Gasteiger partial charge in [-0.25, -0.2) is 4.98 Å². The first kappa shape index (κ1) is 20.1. The lowest BCUT2D eigenvalue weighted by Crippen LogP contribution is -2.35. The Morgan fingerprint density at radius 1 is 1.24 bits per heavy atom. The van der Waals surface area contributed by atoms with Crippen molar-refractivity contribution in [3.05, 3.63) is 29.2 Å². The molecule has 4 rings (SSSR count). The summed E-state index contributed by atoms with van der Waals surface area (Å²) < 4.78 is 10.6. The Hall–Kier alpha value is -2.19. The minimum absolute atomic E-state index is 0.0238. The number of aromatic nitrogens is 4. The normalized spacial score (nSPS) is 27.2. The Bertz CT molecular complexity index is 877. The first-order valence-corrected chi connectivity index (χ1v) is 10.2. The molecule has 2 aromatic heterocycles. The maximum absolute atomic E-state index is 11.7. The molecule has 2 aliphatic rings. The van der Waals surface area contributed by atoms with Crippen LogP contribution in [0, 0.1) is 11.8 Å². The minimum atomic E-state index is -0.986. The van der Waals surface area contributed by atoms with Gasteiger partial charge in [-0.3, -0.25) is 10.00 Å². The molecule has 8 nitrogen and oxygen atoms in total. The molecule has 0 aromatic carbocycles. The number of H-pyrrole nitrogens is 1. The van der Waals surface area contributed by atoms with Crippen LogP contribution in [-0.2, 0) is 17.6 Å². The molecular weight excluding hydrogens is 370 g/mol. The van der Waals surface area contributed by atoms with Crippen LogP contribution < -0.4 is 9.47 Å². The highest BCUT2D eigenvalue weighted by Crippen LogP contribution is 2.52. The summed E-state index contributed by atoms with van der Waals surface area (Å²) in [6.45, 7) is 9.21. The molecule has 0 bridgehead atoms. The van der Waals surface area contributed by atoms with Crippen molar-refractivity contribution in [2.75, 3.05) is 27.3 Å². The van der Waals surface area contributed by atoms with Crippen LogP contribution in [0.4, 0.5) is 0 Å². The third-order valence-electron chi connectivity index (χ3n) is 6.46. The molecule has 8 heteroatoms. The number of methoxy groups -OCH3 is 2. The van der Waals surface area contributed by atoms with Gasteiger partial charge in [0.05, 0.1) is 26.0 Å². The van der Waals surface area contributed by atoms with Gasteiger partial charge in [0.1, 0.15) is 5.60 Å². The Morgan fingerprint density at radius 2 is 2.03 bits per heavy atom. The van der Waals surface area contributed by atoms with E-state index in [1.807, 2.05) is 6.20 Å². The van der Waals surface area contributed by atoms with Crippen LogP contribution in [0.3, 0.4) is 0 Å². The number of fused-ring (bicyclic) bond motifs is 1. The number of likely N-dealkylation sites (tertiary alicyclic amines) is 1. The van der Waals surface area contributed by atoms with Gasteiger partial charge in [-0.2, -0.15) is 10.1 Å². The van der Waals surface area contributed by atoms with E-state index in [1.165, 1.54) is 18.4 Å². The summed E-state index contributed by atoms with van der Waals surface area (Å²) in [4.78, 5) is 10.9. The van der Waals surface area contributed by atoms with Gasteiger partial charge in [0.15, 0.2) is 0 Å². The second-order valence-electron chi connectivity index (χ2n) is 9.32. The lowest BCUT2D eigenvalue weighted by Gasteiger charge is -2.31. The predicted octanol–water partition coefficient (Wildman–Crippen LogP) is 2.24. The summed E-state index contributed by atoms with van der Waals surface area (Å²) in [7, 11) is 3.08. The van der Waals surface area contributed by atoms with Gasteiger partial charge in [-0.05, 0) is 18.8 Å². The molecule has 158 valence electrons. The number of nitrogens with zero attached hydrogens (tertiary/aromatic N) is 4. The Kier molecular flexibility index (Phi) is 5.02. The molecule has 1 aliphatic carbocycles. The molecule has 3 atom stereocenters. The van der Waals surface area contributed by atoms with Gasteiger partial charge in [-0.1, -0.05) is 20.8 Å². The zero-order chi connectivity index (χ0) is 20.8. The van der Waals surface area contributed by atoms with Crippen LogP contribution in [-0.4, -0.2) is 57.5 Å².